The van der Waals surface area contributed by atoms with Crippen molar-refractivity contribution in [2.75, 3.05) is 6.61 Å². The zero-order chi connectivity index (χ0) is 14.5. The Kier molecular flexibility index (Phi) is 4.51. The maximum atomic E-state index is 11.4. The molecule has 2 rings (SSSR count). The summed E-state index contributed by atoms with van der Waals surface area (Å²) < 4.78 is 4.87. The molecule has 0 aliphatic heterocycles. The third-order valence-corrected chi connectivity index (χ3v) is 3.21. The Hall–Kier alpha value is -2.16. The molecule has 1 heterocycles. The van der Waals surface area contributed by atoms with E-state index in [1.165, 1.54) is 11.6 Å². The van der Waals surface area contributed by atoms with E-state index in [0.29, 0.717) is 6.61 Å². The van der Waals surface area contributed by atoms with Crippen molar-refractivity contribution in [3.8, 4) is 0 Å². The molecule has 20 heavy (non-hydrogen) atoms. The SMILES string of the molecule is CCOC(=O)/C=C/c1cc(C)c2cccc(CC)c2n1. The van der Waals surface area contributed by atoms with Gasteiger partial charge >= 0.3 is 5.97 Å². The molecule has 0 fully saturated rings. The zero-order valence-electron chi connectivity index (χ0n) is 12.1. The first-order valence-electron chi connectivity index (χ1n) is 6.89. The molecule has 0 aliphatic carbocycles. The molecule has 1 aromatic heterocycles. The van der Waals surface area contributed by atoms with E-state index in [9.17, 15) is 4.79 Å². The van der Waals surface area contributed by atoms with Crippen LogP contribution in [0.5, 0.6) is 0 Å². The van der Waals surface area contributed by atoms with Crippen LogP contribution in [0.3, 0.4) is 0 Å². The van der Waals surface area contributed by atoms with E-state index in [2.05, 4.69) is 37.0 Å². The van der Waals surface area contributed by atoms with Crippen LogP contribution < -0.4 is 0 Å². The topological polar surface area (TPSA) is 39.2 Å². The largest absolute Gasteiger partial charge is 0.463 e. The number of para-hydroxylation sites is 1. The summed E-state index contributed by atoms with van der Waals surface area (Å²) in [5.41, 5.74) is 4.17. The minimum absolute atomic E-state index is 0.337. The van der Waals surface area contributed by atoms with Crippen molar-refractivity contribution in [1.29, 1.82) is 0 Å². The van der Waals surface area contributed by atoms with Gasteiger partial charge in [-0.2, -0.15) is 0 Å². The van der Waals surface area contributed by atoms with Crippen LogP contribution in [-0.4, -0.2) is 17.6 Å². The number of pyridine rings is 1. The highest BCUT2D eigenvalue weighted by Gasteiger charge is 2.05. The van der Waals surface area contributed by atoms with Crippen LogP contribution in [0.25, 0.3) is 17.0 Å². The number of hydrogen-bond acceptors (Lipinski definition) is 3. The van der Waals surface area contributed by atoms with Gasteiger partial charge in [-0.15, -0.1) is 0 Å². The zero-order valence-corrected chi connectivity index (χ0v) is 12.1. The Morgan fingerprint density at radius 1 is 1.35 bits per heavy atom. The molecule has 0 saturated heterocycles. The number of ether oxygens (including phenoxy) is 1. The summed E-state index contributed by atoms with van der Waals surface area (Å²) in [6.07, 6.45) is 4.07. The standard InChI is InChI=1S/C17H19NO2/c1-4-13-7-6-8-15-12(3)11-14(18-17(13)15)9-10-16(19)20-5-2/h6-11H,4-5H2,1-3H3/b10-9+. The number of aryl methyl sites for hydroxylation is 2. The van der Waals surface area contributed by atoms with Crippen LogP contribution in [0.4, 0.5) is 0 Å². The molecule has 2 aromatic rings. The van der Waals surface area contributed by atoms with E-state index in [-0.39, 0.29) is 5.97 Å². The van der Waals surface area contributed by atoms with Gasteiger partial charge in [0.2, 0.25) is 0 Å². The van der Waals surface area contributed by atoms with Gasteiger partial charge in [-0.1, -0.05) is 25.1 Å². The smallest absolute Gasteiger partial charge is 0.330 e. The summed E-state index contributed by atoms with van der Waals surface area (Å²) in [4.78, 5) is 16.0. The Bertz CT molecular complexity index is 659. The van der Waals surface area contributed by atoms with Gasteiger partial charge in [0.25, 0.3) is 0 Å². The fourth-order valence-electron chi connectivity index (χ4n) is 2.22. The first-order valence-corrected chi connectivity index (χ1v) is 6.89. The number of aromatic nitrogens is 1. The van der Waals surface area contributed by atoms with Crippen molar-refractivity contribution in [3.05, 3.63) is 47.2 Å². The molecule has 0 amide bonds. The number of nitrogens with zero attached hydrogens (tertiary/aromatic N) is 1. The molecule has 0 bridgehead atoms. The number of esters is 1. The van der Waals surface area contributed by atoms with Crippen LogP contribution >= 0.6 is 0 Å². The normalized spacial score (nSPS) is 11.2. The van der Waals surface area contributed by atoms with Gasteiger partial charge in [0.05, 0.1) is 17.8 Å². The monoisotopic (exact) mass is 269 g/mol. The molecule has 0 saturated carbocycles. The summed E-state index contributed by atoms with van der Waals surface area (Å²) in [6, 6.07) is 8.21. The van der Waals surface area contributed by atoms with Gasteiger partial charge in [-0.05, 0) is 43.5 Å². The second-order valence-electron chi connectivity index (χ2n) is 4.62. The van der Waals surface area contributed by atoms with E-state index in [1.807, 2.05) is 6.07 Å². The molecule has 0 unspecified atom stereocenters. The highest BCUT2D eigenvalue weighted by molar-refractivity contribution is 5.89. The minimum atomic E-state index is -0.337. The van der Waals surface area contributed by atoms with Crippen molar-refractivity contribution in [2.24, 2.45) is 0 Å². The Labute approximate surface area is 119 Å². The van der Waals surface area contributed by atoms with Gasteiger partial charge in [-0.3, -0.25) is 0 Å². The molecule has 0 spiro atoms. The molecule has 104 valence electrons. The lowest BCUT2D eigenvalue weighted by Crippen LogP contribution is -1.99. The van der Waals surface area contributed by atoms with Crippen LogP contribution in [0.15, 0.2) is 30.3 Å². The van der Waals surface area contributed by atoms with Crippen molar-refractivity contribution < 1.29 is 9.53 Å². The van der Waals surface area contributed by atoms with Gasteiger partial charge in [0.1, 0.15) is 0 Å². The lowest BCUT2D eigenvalue weighted by atomic mass is 10.0. The van der Waals surface area contributed by atoms with Gasteiger partial charge in [-0.25, -0.2) is 9.78 Å². The van der Waals surface area contributed by atoms with Gasteiger partial charge < -0.3 is 4.74 Å². The third-order valence-electron chi connectivity index (χ3n) is 3.21. The second kappa shape index (κ2) is 6.33. The number of rotatable bonds is 4. The molecule has 1 aromatic carbocycles. The Morgan fingerprint density at radius 3 is 2.85 bits per heavy atom. The summed E-state index contributed by atoms with van der Waals surface area (Å²) in [5.74, 6) is -0.337. The maximum Gasteiger partial charge on any atom is 0.330 e. The summed E-state index contributed by atoms with van der Waals surface area (Å²) in [5, 5.41) is 1.16. The number of carbonyl (C=O) groups is 1. The third kappa shape index (κ3) is 3.05. The number of carbonyl (C=O) groups excluding carboxylic acids is 1. The quantitative estimate of drug-likeness (QED) is 0.628. The van der Waals surface area contributed by atoms with Crippen LogP contribution in [0.2, 0.25) is 0 Å². The van der Waals surface area contributed by atoms with E-state index in [0.717, 1.165) is 28.6 Å². The van der Waals surface area contributed by atoms with Crippen molar-refractivity contribution in [1.82, 2.24) is 4.98 Å². The average molecular weight is 269 g/mol. The van der Waals surface area contributed by atoms with Gasteiger partial charge in [0.15, 0.2) is 0 Å². The first-order chi connectivity index (χ1) is 9.65. The summed E-state index contributed by atoms with van der Waals surface area (Å²) in [7, 11) is 0. The van der Waals surface area contributed by atoms with E-state index < -0.39 is 0 Å². The first kappa shape index (κ1) is 14.3. The van der Waals surface area contributed by atoms with Crippen LogP contribution in [-0.2, 0) is 16.0 Å². The van der Waals surface area contributed by atoms with E-state index >= 15 is 0 Å². The summed E-state index contributed by atoms with van der Waals surface area (Å²) in [6.45, 7) is 6.35. The van der Waals surface area contributed by atoms with Crippen molar-refractivity contribution in [2.45, 2.75) is 27.2 Å². The maximum absolute atomic E-state index is 11.4. The minimum Gasteiger partial charge on any atom is -0.463 e. The van der Waals surface area contributed by atoms with Gasteiger partial charge in [0, 0.05) is 11.5 Å². The highest BCUT2D eigenvalue weighted by atomic mass is 16.5. The molecular formula is C17H19NO2. The summed E-state index contributed by atoms with van der Waals surface area (Å²) >= 11 is 0. The van der Waals surface area contributed by atoms with E-state index in [1.54, 1.807) is 13.0 Å². The van der Waals surface area contributed by atoms with Crippen LogP contribution in [0, 0.1) is 6.92 Å². The Morgan fingerprint density at radius 2 is 2.15 bits per heavy atom. The van der Waals surface area contributed by atoms with Crippen LogP contribution in [0.1, 0.15) is 30.7 Å². The molecule has 3 nitrogen and oxygen atoms in total. The predicted octanol–water partition coefficient (Wildman–Crippen LogP) is 3.68. The van der Waals surface area contributed by atoms with Crippen molar-refractivity contribution >= 4 is 22.9 Å². The molecule has 0 radical (unpaired) electrons. The number of fused-ring (bicyclic) bond motifs is 1. The molecule has 0 atom stereocenters. The predicted molar refractivity (Wildman–Crippen MR) is 81.5 cm³/mol. The fraction of sp³-hybridized carbons (Fsp3) is 0.294. The highest BCUT2D eigenvalue weighted by Crippen LogP contribution is 2.22. The molecule has 0 aliphatic rings. The van der Waals surface area contributed by atoms with Crippen molar-refractivity contribution in [3.63, 3.8) is 0 Å². The number of hydrogen-bond donors (Lipinski definition) is 0. The second-order valence-corrected chi connectivity index (χ2v) is 4.62. The lowest BCUT2D eigenvalue weighted by Gasteiger charge is -2.07. The molecule has 3 heteroatoms. The molecular weight excluding hydrogens is 250 g/mol. The fourth-order valence-corrected chi connectivity index (χ4v) is 2.22. The Balaban J connectivity index is 2.43. The molecule has 0 N–H and O–H groups in total. The average Bonchev–Trinajstić information content (AvgIpc) is 2.45. The van der Waals surface area contributed by atoms with E-state index in [4.69, 9.17) is 4.74 Å². The number of benzene rings is 1. The lowest BCUT2D eigenvalue weighted by molar-refractivity contribution is -0.137.